The second-order valence-corrected chi connectivity index (χ2v) is 16.1. The predicted molar refractivity (Wildman–Crippen MR) is 119 cm³/mol. The summed E-state index contributed by atoms with van der Waals surface area (Å²) in [6.07, 6.45) is 0. The van der Waals surface area contributed by atoms with Crippen molar-refractivity contribution in [3.8, 4) is 0 Å². The molecule has 0 heterocycles. The Bertz CT molecular complexity index is 256. The fourth-order valence-electron chi connectivity index (χ4n) is 2.00. The van der Waals surface area contributed by atoms with Gasteiger partial charge in [-0.15, -0.1) is 0 Å². The SMILES string of the molecule is CC(C)(C)O.CC(C)(C)O.CC(C)(C)O.CC(C)[Si](O)(C(C)C)C(C)C.[Ti]. The molecule has 0 aromatic heterocycles. The van der Waals surface area contributed by atoms with Crippen LogP contribution in [0.3, 0.4) is 0 Å². The molecule has 0 fully saturated rings. The Morgan fingerprint density at radius 1 is 0.481 bits per heavy atom. The maximum absolute atomic E-state index is 10.4. The minimum atomic E-state index is -1.98. The van der Waals surface area contributed by atoms with Crippen molar-refractivity contribution in [1.82, 2.24) is 0 Å². The number of aliphatic hydroxyl groups is 3. The van der Waals surface area contributed by atoms with Crippen molar-refractivity contribution in [2.45, 2.75) is 137 Å². The molecule has 0 spiro atoms. The summed E-state index contributed by atoms with van der Waals surface area (Å²) in [5.74, 6) is 0. The maximum Gasteiger partial charge on any atom is 0.196 e. The molecule has 0 unspecified atom stereocenters. The number of rotatable bonds is 3. The molecule has 0 aliphatic rings. The Balaban J connectivity index is -0.0000000858. The molecule has 0 saturated carbocycles. The number of hydrogen-bond acceptors (Lipinski definition) is 4. The fourth-order valence-corrected chi connectivity index (χ4v) is 6.00. The molecular formula is C21H52O4SiTi. The average Bonchev–Trinajstić information content (AvgIpc) is 2.19. The van der Waals surface area contributed by atoms with E-state index in [-0.39, 0.29) is 21.7 Å². The van der Waals surface area contributed by atoms with Gasteiger partial charge in [0.2, 0.25) is 0 Å². The quantitative estimate of drug-likeness (QED) is 0.434. The van der Waals surface area contributed by atoms with Crippen molar-refractivity contribution >= 4 is 8.32 Å². The topological polar surface area (TPSA) is 80.9 Å². The Morgan fingerprint density at radius 2 is 0.556 bits per heavy atom. The van der Waals surface area contributed by atoms with E-state index in [4.69, 9.17) is 15.3 Å². The Kier molecular flexibility index (Phi) is 22.2. The first-order valence-corrected chi connectivity index (χ1v) is 11.9. The van der Waals surface area contributed by atoms with Crippen molar-refractivity contribution in [3.63, 3.8) is 0 Å². The average molecular weight is 445 g/mol. The van der Waals surface area contributed by atoms with Crippen molar-refractivity contribution in [2.75, 3.05) is 0 Å². The van der Waals surface area contributed by atoms with Gasteiger partial charge < -0.3 is 20.1 Å². The van der Waals surface area contributed by atoms with Crippen LogP contribution in [0, 0.1) is 0 Å². The van der Waals surface area contributed by atoms with E-state index in [0.29, 0.717) is 16.6 Å². The summed E-state index contributed by atoms with van der Waals surface area (Å²) in [5.41, 5.74) is -0.0764. The summed E-state index contributed by atoms with van der Waals surface area (Å²) in [4.78, 5) is 10.4. The summed E-state index contributed by atoms with van der Waals surface area (Å²) in [6.45, 7) is 28.6. The van der Waals surface area contributed by atoms with E-state index in [0.717, 1.165) is 0 Å². The molecule has 168 valence electrons. The zero-order chi connectivity index (χ0) is 22.7. The van der Waals surface area contributed by atoms with Gasteiger partial charge in [-0.25, -0.2) is 0 Å². The summed E-state index contributed by atoms with van der Waals surface area (Å²) in [7, 11) is -1.98. The summed E-state index contributed by atoms with van der Waals surface area (Å²) in [5, 5.41) is 25.6. The van der Waals surface area contributed by atoms with Crippen LogP contribution in [-0.2, 0) is 21.7 Å². The molecule has 0 aromatic carbocycles. The third-order valence-electron chi connectivity index (χ3n) is 2.77. The minimum absolute atomic E-state index is 0. The van der Waals surface area contributed by atoms with Crippen LogP contribution in [0.25, 0.3) is 0 Å². The summed E-state index contributed by atoms with van der Waals surface area (Å²) in [6, 6.07) is 0. The second kappa shape index (κ2) is 15.6. The predicted octanol–water partition coefficient (Wildman–Crippen LogP) is 5.48. The van der Waals surface area contributed by atoms with Crippen LogP contribution in [0.15, 0.2) is 0 Å². The minimum Gasteiger partial charge on any atom is -0.431 e. The number of hydrogen-bond donors (Lipinski definition) is 4. The van der Waals surface area contributed by atoms with E-state index < -0.39 is 25.1 Å². The summed E-state index contributed by atoms with van der Waals surface area (Å²) < 4.78 is 0. The Morgan fingerprint density at radius 3 is 0.556 bits per heavy atom. The van der Waals surface area contributed by atoms with Crippen LogP contribution in [0.2, 0.25) is 16.6 Å². The van der Waals surface area contributed by atoms with Gasteiger partial charge in [0.05, 0.1) is 16.8 Å². The molecule has 0 saturated heterocycles. The van der Waals surface area contributed by atoms with Crippen molar-refractivity contribution in [3.05, 3.63) is 0 Å². The molecular weight excluding hydrogens is 392 g/mol. The van der Waals surface area contributed by atoms with Gasteiger partial charge in [0.1, 0.15) is 0 Å². The Labute approximate surface area is 187 Å². The first-order chi connectivity index (χ1) is 10.8. The van der Waals surface area contributed by atoms with Crippen molar-refractivity contribution in [1.29, 1.82) is 0 Å². The van der Waals surface area contributed by atoms with E-state index >= 15 is 0 Å². The molecule has 0 radical (unpaired) electrons. The molecule has 4 nitrogen and oxygen atoms in total. The smallest absolute Gasteiger partial charge is 0.196 e. The van der Waals surface area contributed by atoms with Gasteiger partial charge in [-0.3, -0.25) is 0 Å². The molecule has 0 aliphatic heterocycles. The molecule has 4 N–H and O–H groups in total. The monoisotopic (exact) mass is 444 g/mol. The van der Waals surface area contributed by atoms with Gasteiger partial charge in [-0.05, 0) is 78.9 Å². The zero-order valence-corrected chi connectivity index (χ0v) is 23.6. The fraction of sp³-hybridized carbons (Fsp3) is 1.00. The van der Waals surface area contributed by atoms with Crippen molar-refractivity contribution < 1.29 is 41.8 Å². The van der Waals surface area contributed by atoms with Gasteiger partial charge >= 0.3 is 0 Å². The van der Waals surface area contributed by atoms with Crippen molar-refractivity contribution in [2.24, 2.45) is 0 Å². The molecule has 0 aliphatic carbocycles. The first kappa shape index (κ1) is 38.4. The van der Waals surface area contributed by atoms with Crippen LogP contribution in [0.1, 0.15) is 104 Å². The largest absolute Gasteiger partial charge is 0.431 e. The van der Waals surface area contributed by atoms with Gasteiger partial charge in [0, 0.05) is 21.7 Å². The maximum atomic E-state index is 10.4. The molecule has 6 heteroatoms. The second-order valence-electron chi connectivity index (χ2n) is 10.9. The third kappa shape index (κ3) is 46.6. The molecule has 27 heavy (non-hydrogen) atoms. The molecule has 0 aromatic rings. The van der Waals surface area contributed by atoms with Gasteiger partial charge in [-0.1, -0.05) is 41.5 Å². The van der Waals surface area contributed by atoms with Crippen LogP contribution < -0.4 is 0 Å². The van der Waals surface area contributed by atoms with E-state index in [1.165, 1.54) is 0 Å². The standard InChI is InChI=1S/C9H22OSi.3C4H10O.Ti/c1-7(2)11(10,8(3)4)9(5)6;3*1-4(2,3)5;/h7-10H,1-6H3;3*5H,1-3H3;. The Hall–Kier alpha value is 0.771. The van der Waals surface area contributed by atoms with E-state index in [1.54, 1.807) is 62.3 Å². The van der Waals surface area contributed by atoms with E-state index in [1.807, 2.05) is 0 Å². The van der Waals surface area contributed by atoms with Gasteiger partial charge in [0.25, 0.3) is 0 Å². The first-order valence-electron chi connectivity index (χ1n) is 9.72. The van der Waals surface area contributed by atoms with Crippen LogP contribution in [0.4, 0.5) is 0 Å². The van der Waals surface area contributed by atoms with Crippen LogP contribution >= 0.6 is 0 Å². The van der Waals surface area contributed by atoms with Gasteiger partial charge in [-0.2, -0.15) is 0 Å². The molecule has 0 bridgehead atoms. The van der Waals surface area contributed by atoms with Gasteiger partial charge in [0.15, 0.2) is 8.32 Å². The zero-order valence-electron chi connectivity index (χ0n) is 21.0. The van der Waals surface area contributed by atoms with E-state index in [9.17, 15) is 4.80 Å². The van der Waals surface area contributed by atoms with Crippen LogP contribution in [0.5, 0.6) is 0 Å². The summed E-state index contributed by atoms with van der Waals surface area (Å²) >= 11 is 0. The molecule has 0 atom stereocenters. The normalized spacial score (nSPS) is 12.2. The van der Waals surface area contributed by atoms with E-state index in [2.05, 4.69) is 41.5 Å². The third-order valence-corrected chi connectivity index (χ3v) is 8.32. The molecule has 0 rings (SSSR count). The van der Waals surface area contributed by atoms with Crippen LogP contribution in [-0.4, -0.2) is 45.2 Å². The molecule has 0 amide bonds.